The van der Waals surface area contributed by atoms with Crippen molar-refractivity contribution in [3.05, 3.63) is 187 Å². The third-order valence-electron chi connectivity index (χ3n) is 27.4. The van der Waals surface area contributed by atoms with Gasteiger partial charge in [0.25, 0.3) is 0 Å². The van der Waals surface area contributed by atoms with Gasteiger partial charge in [-0.3, -0.25) is 19.4 Å². The molecule has 8 aliphatic rings. The van der Waals surface area contributed by atoms with E-state index in [0.29, 0.717) is 26.2 Å². The van der Waals surface area contributed by atoms with Crippen LogP contribution in [0.15, 0.2) is 109 Å². The SMILES string of the molecule is CC(=O)N1CCC2(CCN(C(=O)OC(C)(C)C)CC2)c2ccc(C(C)(C)C)cc21.CC(=O)N1CCc2ccc(C(C)(C)C)cc2C1.CC(C)(C)OC(=O)N1CCC(C)(C)c2ccc(C(C)(C)C)cc21.CC(C)(C)OC(=O)N1CCC2(CCNc3cc(C(C)(C)C)ccc32)CC1.CC(C)(C)OC(=O)N1CCCc2ccc(C(C)(C)C)cc21.CC(C)(C)OC(=O)N1CCc2ccc(C(C)(C)C)cc2C1. The molecule has 0 unspecified atom stereocenters. The Labute approximate surface area is 826 Å². The number of benzene rings is 6. The van der Waals surface area contributed by atoms with Crippen molar-refractivity contribution in [3.8, 4) is 0 Å². The standard InChI is InChI=1S/C24H36N2O3.C22H34N2O2.C20H31NO2.2C18H27NO2.C15H21NO/c1-17(27)26-15-12-24(19-9-8-18(16-20(19)26)22(2,3)4)10-13-25(14-11-24)21(28)29-23(5,6)7;1-20(2,3)16-7-8-17-18(15-16)23-12-9-22(17)10-13-24(14-11-22)19(25)26-21(4,5)6;1-18(2,3)14-9-10-15-16(13-14)21(12-11-20(15,7)8)17(22)23-19(4,5)6;1-17(2,3)15-8-7-13-9-10-19(12-14(13)11-15)16(20)21-18(4,5)6;1-17(2,3)14-10-9-13-8-7-11-19(15(13)12-14)16(20)21-18(4,5)6;1-11(17)16-8-7-12-5-6-14(15(2,3)4)9-13(12)10-16/h8-9,16H,10-15H2,1-7H3;7-8,15,23H,9-14H2,1-6H3;9-10,13H,11-12H2,1-8H3;7-8,11H,9-10,12H2,1-6H3;9-10,12H,7-8,11H2,1-6H3;5-6,9H,7-8,10H2,1-4H3. The van der Waals surface area contributed by atoms with Crippen LogP contribution in [0.3, 0.4) is 0 Å². The molecule has 20 heteroatoms. The molecule has 756 valence electrons. The Kier molecular flexibility index (Phi) is 34.1. The second-order valence-electron chi connectivity index (χ2n) is 51.5. The highest BCUT2D eigenvalue weighted by atomic mass is 16.6. The average molecular weight is 1890 g/mol. The number of likely N-dealkylation sites (tertiary alicyclic amines) is 2. The molecule has 6 aromatic rings. The second kappa shape index (κ2) is 42.1. The molecule has 0 radical (unpaired) electrons. The quantitative estimate of drug-likeness (QED) is 0.141. The number of fused-ring (bicyclic) bond motifs is 8. The largest absolute Gasteiger partial charge is 0.444 e. The highest BCUT2D eigenvalue weighted by Crippen LogP contribution is 2.51. The maximum atomic E-state index is 12.7. The highest BCUT2D eigenvalue weighted by molar-refractivity contribution is 5.94. The molecule has 6 aromatic carbocycles. The molecule has 0 saturated carbocycles. The Bertz CT molecular complexity index is 5250. The molecule has 0 atom stereocenters. The van der Waals surface area contributed by atoms with Crippen LogP contribution in [0.25, 0.3) is 0 Å². The van der Waals surface area contributed by atoms with Gasteiger partial charge in [-0.15, -0.1) is 0 Å². The lowest BCUT2D eigenvalue weighted by molar-refractivity contribution is -0.129. The van der Waals surface area contributed by atoms with Crippen LogP contribution in [0, 0.1) is 0 Å². The normalized spacial score (nSPS) is 17.5. The van der Waals surface area contributed by atoms with Gasteiger partial charge in [-0.05, 0) is 315 Å². The lowest BCUT2D eigenvalue weighted by atomic mass is 9.67. The van der Waals surface area contributed by atoms with Crippen molar-refractivity contribution in [2.45, 2.75) is 417 Å². The van der Waals surface area contributed by atoms with Crippen molar-refractivity contribution < 1.29 is 57.2 Å². The summed E-state index contributed by atoms with van der Waals surface area (Å²) in [5.41, 5.74) is 21.2. The number of carbonyl (C=O) groups is 7. The Morgan fingerprint density at radius 1 is 0.277 bits per heavy atom. The van der Waals surface area contributed by atoms with Crippen LogP contribution in [0.4, 0.5) is 46.7 Å². The monoisotopic (exact) mass is 1890 g/mol. The van der Waals surface area contributed by atoms with Crippen LogP contribution in [-0.4, -0.2) is 155 Å². The number of aryl methyl sites for hydroxylation is 1. The van der Waals surface area contributed by atoms with Crippen molar-refractivity contribution in [2.75, 3.05) is 85.5 Å². The minimum absolute atomic E-state index is 0.0240. The number of rotatable bonds is 0. The number of anilines is 4. The van der Waals surface area contributed by atoms with E-state index >= 15 is 0 Å². The number of hydrogen-bond acceptors (Lipinski definition) is 13. The molecule has 2 fully saturated rings. The Hall–Kier alpha value is -9.59. The van der Waals surface area contributed by atoms with Crippen LogP contribution in [-0.2, 0) is 114 Å². The van der Waals surface area contributed by atoms with Gasteiger partial charge < -0.3 is 53.5 Å². The fourth-order valence-corrected chi connectivity index (χ4v) is 19.0. The van der Waals surface area contributed by atoms with Gasteiger partial charge in [0.2, 0.25) is 11.8 Å². The molecule has 8 heterocycles. The highest BCUT2D eigenvalue weighted by Gasteiger charge is 2.46. The fourth-order valence-electron chi connectivity index (χ4n) is 19.0. The van der Waals surface area contributed by atoms with E-state index in [2.05, 4.69) is 253 Å². The van der Waals surface area contributed by atoms with Crippen LogP contribution < -0.4 is 20.0 Å². The third-order valence-corrected chi connectivity index (χ3v) is 27.4. The molecule has 0 aromatic heterocycles. The molecule has 8 aliphatic heterocycles. The smallest absolute Gasteiger partial charge is 0.414 e. The van der Waals surface area contributed by atoms with Gasteiger partial charge in [-0.25, -0.2) is 24.0 Å². The molecule has 0 bridgehead atoms. The summed E-state index contributed by atoms with van der Waals surface area (Å²) in [7, 11) is 0. The summed E-state index contributed by atoms with van der Waals surface area (Å²) in [6, 6.07) is 40.0. The number of carbonyl (C=O) groups excluding carboxylic acids is 7. The molecule has 2 saturated heterocycles. The van der Waals surface area contributed by atoms with Crippen LogP contribution in [0.1, 0.15) is 385 Å². The summed E-state index contributed by atoms with van der Waals surface area (Å²) in [4.78, 5) is 98.9. The van der Waals surface area contributed by atoms with Crippen molar-refractivity contribution in [1.82, 2.24) is 19.6 Å². The summed E-state index contributed by atoms with van der Waals surface area (Å²) in [5, 5.41) is 3.61. The molecule has 14 rings (SSSR count). The fraction of sp³-hybridized carbons (Fsp3) is 0.632. The van der Waals surface area contributed by atoms with Crippen LogP contribution in [0.2, 0.25) is 0 Å². The number of ether oxygens (including phenoxy) is 5. The minimum Gasteiger partial charge on any atom is -0.444 e. The van der Waals surface area contributed by atoms with Crippen LogP contribution >= 0.6 is 0 Å². The maximum Gasteiger partial charge on any atom is 0.414 e. The van der Waals surface area contributed by atoms with E-state index in [1.807, 2.05) is 123 Å². The van der Waals surface area contributed by atoms with E-state index in [4.69, 9.17) is 23.7 Å². The third kappa shape index (κ3) is 30.2. The first-order valence-electron chi connectivity index (χ1n) is 50.7. The first kappa shape index (κ1) is 111. The topological polar surface area (TPSA) is 200 Å². The molecule has 137 heavy (non-hydrogen) atoms. The van der Waals surface area contributed by atoms with E-state index in [9.17, 15) is 33.6 Å². The van der Waals surface area contributed by atoms with Gasteiger partial charge in [0, 0.05) is 115 Å². The predicted octanol–water partition coefficient (Wildman–Crippen LogP) is 27.3. The molecule has 2 spiro atoms. The number of piperidine rings is 2. The van der Waals surface area contributed by atoms with Crippen molar-refractivity contribution in [1.29, 1.82) is 0 Å². The van der Waals surface area contributed by atoms with Crippen LogP contribution in [0.5, 0.6) is 0 Å². The average Bonchev–Trinajstić information content (AvgIpc) is 0.770. The molecule has 7 amide bonds. The molecule has 20 nitrogen and oxygen atoms in total. The second-order valence-corrected chi connectivity index (χ2v) is 51.5. The van der Waals surface area contributed by atoms with E-state index in [1.165, 1.54) is 83.6 Å². The number of nitrogens with zero attached hydrogens (tertiary/aromatic N) is 7. The van der Waals surface area contributed by atoms with E-state index in [1.54, 1.807) is 28.5 Å². The number of hydrogen-bond donors (Lipinski definition) is 1. The van der Waals surface area contributed by atoms with Gasteiger partial charge in [0.05, 0.1) is 11.4 Å². The lowest BCUT2D eigenvalue weighted by Crippen LogP contribution is -2.50. The van der Waals surface area contributed by atoms with E-state index in [0.717, 1.165) is 140 Å². The predicted molar refractivity (Wildman–Crippen MR) is 562 cm³/mol. The van der Waals surface area contributed by atoms with Gasteiger partial charge >= 0.3 is 30.5 Å². The molecular weight excluding hydrogens is 1710 g/mol. The van der Waals surface area contributed by atoms with Crippen molar-refractivity contribution in [3.63, 3.8) is 0 Å². The van der Waals surface area contributed by atoms with Gasteiger partial charge in [-0.1, -0.05) is 223 Å². The van der Waals surface area contributed by atoms with Gasteiger partial charge in [0.15, 0.2) is 0 Å². The summed E-state index contributed by atoms with van der Waals surface area (Å²) in [5.74, 6) is 0.273. The van der Waals surface area contributed by atoms with E-state index < -0.39 is 28.0 Å². The Balaban J connectivity index is 0.000000185. The summed E-state index contributed by atoms with van der Waals surface area (Å²) >= 11 is 0. The van der Waals surface area contributed by atoms with Gasteiger partial charge in [-0.2, -0.15) is 0 Å². The molecule has 1 N–H and O–H groups in total. The zero-order valence-corrected chi connectivity index (χ0v) is 91.7. The zero-order valence-electron chi connectivity index (χ0n) is 91.7. The molecular formula is C117H176N8O12. The lowest BCUT2D eigenvalue weighted by Gasteiger charge is -2.48. The first-order valence-corrected chi connectivity index (χ1v) is 50.7. The van der Waals surface area contributed by atoms with Gasteiger partial charge in [0.1, 0.15) is 28.0 Å². The Morgan fingerprint density at radius 3 is 0.993 bits per heavy atom. The molecule has 0 aliphatic carbocycles. The number of amides is 7. The maximum absolute atomic E-state index is 12.7. The first-order chi connectivity index (χ1) is 62.6. The van der Waals surface area contributed by atoms with Crippen molar-refractivity contribution >= 4 is 65.0 Å². The number of nitrogens with one attached hydrogen (secondary N) is 1. The summed E-state index contributed by atoms with van der Waals surface area (Å²) in [6.07, 6.45) is 9.64. The Morgan fingerprint density at radius 2 is 0.591 bits per heavy atom. The minimum atomic E-state index is -0.480. The summed E-state index contributed by atoms with van der Waals surface area (Å²) in [6.45, 7) is 85.3. The summed E-state index contributed by atoms with van der Waals surface area (Å²) < 4.78 is 27.7. The van der Waals surface area contributed by atoms with Crippen molar-refractivity contribution in [2.24, 2.45) is 0 Å². The van der Waals surface area contributed by atoms with E-state index in [-0.39, 0.29) is 91.0 Å². The zero-order chi connectivity index (χ0) is 103.